The molecule has 30 heavy (non-hydrogen) atoms. The summed E-state index contributed by atoms with van der Waals surface area (Å²) >= 11 is 0. The highest BCUT2D eigenvalue weighted by Gasteiger charge is 2.26. The van der Waals surface area contributed by atoms with E-state index in [9.17, 15) is 8.42 Å². The zero-order valence-corrected chi connectivity index (χ0v) is 18.0. The van der Waals surface area contributed by atoms with Crippen molar-refractivity contribution in [2.45, 2.75) is 24.3 Å². The minimum Gasteiger partial charge on any atom is -0.490 e. The summed E-state index contributed by atoms with van der Waals surface area (Å²) in [6.07, 6.45) is 0.768. The van der Waals surface area contributed by atoms with Crippen LogP contribution in [0.4, 0.5) is 0 Å². The van der Waals surface area contributed by atoms with Crippen LogP contribution in [0.3, 0.4) is 0 Å². The predicted molar refractivity (Wildman–Crippen MR) is 114 cm³/mol. The molecule has 2 aliphatic rings. The molecule has 1 saturated heterocycles. The van der Waals surface area contributed by atoms with Crippen LogP contribution in [0.15, 0.2) is 47.4 Å². The van der Waals surface area contributed by atoms with E-state index in [-0.39, 0.29) is 10.9 Å². The molecule has 1 atom stereocenters. The molecule has 0 saturated carbocycles. The standard InChI is InChI=1S/C22H28N2O5S/c1-17-3-5-18(6-4-17)20(16-24-9-13-27-14-10-24)23-30(25,26)19-7-8-21-22(15-19)29-12-2-11-28-21/h3-8,15,20,23H,2,9-14,16H2,1H3/t20-/m1/s1. The van der Waals surface area contributed by atoms with E-state index in [0.717, 1.165) is 30.6 Å². The van der Waals surface area contributed by atoms with E-state index in [1.54, 1.807) is 18.2 Å². The topological polar surface area (TPSA) is 77.1 Å². The van der Waals surface area contributed by atoms with Gasteiger partial charge in [-0.05, 0) is 24.6 Å². The van der Waals surface area contributed by atoms with Gasteiger partial charge >= 0.3 is 0 Å². The zero-order chi connectivity index (χ0) is 21.0. The van der Waals surface area contributed by atoms with Crippen LogP contribution in [0.5, 0.6) is 11.5 Å². The second kappa shape index (κ2) is 9.34. The lowest BCUT2D eigenvalue weighted by Gasteiger charge is -2.31. The lowest BCUT2D eigenvalue weighted by molar-refractivity contribution is 0.0345. The number of aryl methyl sites for hydroxylation is 1. The summed E-state index contributed by atoms with van der Waals surface area (Å²) in [5.74, 6) is 1.05. The maximum Gasteiger partial charge on any atom is 0.241 e. The molecule has 1 fully saturated rings. The summed E-state index contributed by atoms with van der Waals surface area (Å²) < 4.78 is 46.1. The Balaban J connectivity index is 1.59. The highest BCUT2D eigenvalue weighted by molar-refractivity contribution is 7.89. The van der Waals surface area contributed by atoms with Crippen LogP contribution in [0.2, 0.25) is 0 Å². The van der Waals surface area contributed by atoms with E-state index in [0.29, 0.717) is 44.5 Å². The largest absolute Gasteiger partial charge is 0.490 e. The second-order valence-corrected chi connectivity index (χ2v) is 9.37. The molecular weight excluding hydrogens is 404 g/mol. The van der Waals surface area contributed by atoms with Crippen LogP contribution in [0.25, 0.3) is 0 Å². The van der Waals surface area contributed by atoms with Gasteiger partial charge in [0.05, 0.1) is 37.4 Å². The monoisotopic (exact) mass is 432 g/mol. The van der Waals surface area contributed by atoms with Crippen molar-refractivity contribution >= 4 is 10.0 Å². The minimum absolute atomic E-state index is 0.172. The van der Waals surface area contributed by atoms with Crippen LogP contribution in [-0.2, 0) is 14.8 Å². The Hall–Kier alpha value is -2.13. The van der Waals surface area contributed by atoms with Gasteiger partial charge in [-0.1, -0.05) is 29.8 Å². The molecule has 0 radical (unpaired) electrons. The van der Waals surface area contributed by atoms with Crippen LogP contribution < -0.4 is 14.2 Å². The number of nitrogens with one attached hydrogen (secondary N) is 1. The van der Waals surface area contributed by atoms with Gasteiger partial charge in [-0.25, -0.2) is 13.1 Å². The number of benzene rings is 2. The summed E-state index contributed by atoms with van der Waals surface area (Å²) in [6, 6.07) is 12.4. The zero-order valence-electron chi connectivity index (χ0n) is 17.2. The number of nitrogens with zero attached hydrogens (tertiary/aromatic N) is 1. The Bertz CT molecular complexity index is 956. The summed E-state index contributed by atoms with van der Waals surface area (Å²) in [6.45, 7) is 6.56. The third-order valence-electron chi connectivity index (χ3n) is 5.35. The molecule has 162 valence electrons. The van der Waals surface area contributed by atoms with E-state index < -0.39 is 10.0 Å². The molecule has 8 heteroatoms. The summed E-state index contributed by atoms with van der Waals surface area (Å²) in [5, 5.41) is 0. The number of fused-ring (bicyclic) bond motifs is 1. The normalized spacial score (nSPS) is 18.6. The van der Waals surface area contributed by atoms with Gasteiger partial charge < -0.3 is 14.2 Å². The van der Waals surface area contributed by atoms with Gasteiger partial charge in [0, 0.05) is 32.1 Å². The Kier molecular flexibility index (Phi) is 6.58. The Morgan fingerprint density at radius 2 is 1.67 bits per heavy atom. The summed E-state index contributed by atoms with van der Waals surface area (Å²) in [4.78, 5) is 2.40. The maximum absolute atomic E-state index is 13.2. The molecule has 0 aliphatic carbocycles. The van der Waals surface area contributed by atoms with E-state index in [1.165, 1.54) is 0 Å². The Labute approximate surface area is 178 Å². The number of sulfonamides is 1. The first-order valence-corrected chi connectivity index (χ1v) is 11.8. The van der Waals surface area contributed by atoms with Gasteiger partial charge in [0.2, 0.25) is 10.0 Å². The number of rotatable bonds is 6. The fourth-order valence-corrected chi connectivity index (χ4v) is 4.85. The van der Waals surface area contributed by atoms with Crippen molar-refractivity contribution in [3.8, 4) is 11.5 Å². The fourth-order valence-electron chi connectivity index (χ4n) is 3.62. The van der Waals surface area contributed by atoms with E-state index in [1.807, 2.05) is 31.2 Å². The molecule has 7 nitrogen and oxygen atoms in total. The second-order valence-electron chi connectivity index (χ2n) is 7.66. The quantitative estimate of drug-likeness (QED) is 0.756. The van der Waals surface area contributed by atoms with E-state index in [4.69, 9.17) is 14.2 Å². The highest BCUT2D eigenvalue weighted by Crippen LogP contribution is 2.32. The van der Waals surface area contributed by atoms with Crippen molar-refractivity contribution in [1.29, 1.82) is 0 Å². The van der Waals surface area contributed by atoms with Crippen molar-refractivity contribution in [2.24, 2.45) is 0 Å². The van der Waals surface area contributed by atoms with Crippen LogP contribution in [0.1, 0.15) is 23.6 Å². The van der Waals surface area contributed by atoms with Gasteiger partial charge in [0.25, 0.3) is 0 Å². The van der Waals surface area contributed by atoms with E-state index in [2.05, 4.69) is 9.62 Å². The molecule has 2 aromatic rings. The molecule has 0 amide bonds. The molecule has 1 N–H and O–H groups in total. The van der Waals surface area contributed by atoms with Gasteiger partial charge in [0.15, 0.2) is 11.5 Å². The molecule has 2 heterocycles. The molecule has 0 unspecified atom stereocenters. The fraction of sp³-hybridized carbons (Fsp3) is 0.455. The molecule has 0 bridgehead atoms. The van der Waals surface area contributed by atoms with Crippen LogP contribution >= 0.6 is 0 Å². The molecule has 2 aromatic carbocycles. The van der Waals surface area contributed by atoms with E-state index >= 15 is 0 Å². The van der Waals surface area contributed by atoms with Crippen molar-refractivity contribution in [3.05, 3.63) is 53.6 Å². The first-order valence-electron chi connectivity index (χ1n) is 10.3. The molecule has 0 spiro atoms. The van der Waals surface area contributed by atoms with Gasteiger partial charge in [-0.15, -0.1) is 0 Å². The number of ether oxygens (including phenoxy) is 3. The summed E-state index contributed by atoms with van der Waals surface area (Å²) in [7, 11) is -3.76. The van der Waals surface area contributed by atoms with Crippen molar-refractivity contribution in [3.63, 3.8) is 0 Å². The Morgan fingerprint density at radius 3 is 2.40 bits per heavy atom. The highest BCUT2D eigenvalue weighted by atomic mass is 32.2. The lowest BCUT2D eigenvalue weighted by atomic mass is 10.1. The third kappa shape index (κ3) is 5.13. The number of hydrogen-bond acceptors (Lipinski definition) is 6. The predicted octanol–water partition coefficient (Wildman–Crippen LogP) is 2.51. The van der Waals surface area contributed by atoms with Gasteiger partial charge in [-0.3, -0.25) is 4.90 Å². The van der Waals surface area contributed by atoms with Crippen molar-refractivity contribution < 1.29 is 22.6 Å². The van der Waals surface area contributed by atoms with Crippen LogP contribution in [-0.4, -0.2) is 59.4 Å². The molecular formula is C22H28N2O5S. The van der Waals surface area contributed by atoms with Crippen LogP contribution in [0, 0.1) is 6.92 Å². The SMILES string of the molecule is Cc1ccc([C@@H](CN2CCOCC2)NS(=O)(=O)c2ccc3c(c2)OCCCO3)cc1. The average Bonchev–Trinajstić information content (AvgIpc) is 2.99. The molecule has 2 aliphatic heterocycles. The Morgan fingerprint density at radius 1 is 0.967 bits per heavy atom. The lowest BCUT2D eigenvalue weighted by Crippen LogP contribution is -2.43. The number of morpholine rings is 1. The summed E-state index contributed by atoms with van der Waals surface area (Å²) in [5.41, 5.74) is 2.07. The van der Waals surface area contributed by atoms with Gasteiger partial charge in [0.1, 0.15) is 0 Å². The van der Waals surface area contributed by atoms with Gasteiger partial charge in [-0.2, -0.15) is 0 Å². The third-order valence-corrected chi connectivity index (χ3v) is 6.82. The van der Waals surface area contributed by atoms with Crippen molar-refractivity contribution in [1.82, 2.24) is 9.62 Å². The first kappa shape index (κ1) is 21.1. The minimum atomic E-state index is -3.76. The average molecular weight is 433 g/mol. The maximum atomic E-state index is 13.2. The first-order chi connectivity index (χ1) is 14.5. The molecule has 4 rings (SSSR count). The number of hydrogen-bond donors (Lipinski definition) is 1. The smallest absolute Gasteiger partial charge is 0.241 e. The molecule has 0 aromatic heterocycles. The van der Waals surface area contributed by atoms with Crippen molar-refractivity contribution in [2.75, 3.05) is 46.1 Å².